The van der Waals surface area contributed by atoms with E-state index < -0.39 is 0 Å². The summed E-state index contributed by atoms with van der Waals surface area (Å²) >= 11 is 0. The second kappa shape index (κ2) is 6.81. The van der Waals surface area contributed by atoms with E-state index >= 15 is 0 Å². The second-order valence-corrected chi connectivity index (χ2v) is 4.09. The molecule has 0 radical (unpaired) electrons. The third-order valence-corrected chi connectivity index (χ3v) is 2.65. The summed E-state index contributed by atoms with van der Waals surface area (Å²) in [7, 11) is 1.64. The molecule has 0 aliphatic rings. The van der Waals surface area contributed by atoms with Crippen LogP contribution in [0.5, 0.6) is 5.75 Å². The molecule has 0 atom stereocenters. The third-order valence-electron chi connectivity index (χ3n) is 2.65. The Morgan fingerprint density at radius 2 is 2.00 bits per heavy atom. The number of benzene rings is 1. The molecule has 1 aromatic carbocycles. The van der Waals surface area contributed by atoms with Gasteiger partial charge in [-0.1, -0.05) is 0 Å². The number of ether oxygens (including phenoxy) is 1. The predicted octanol–water partition coefficient (Wildman–Crippen LogP) is 1.40. The number of methoxy groups -OCH3 is 1. The summed E-state index contributed by atoms with van der Waals surface area (Å²) in [5.41, 5.74) is 8.51. The molecule has 0 aliphatic carbocycles. The van der Waals surface area contributed by atoms with Crippen LogP contribution in [0.2, 0.25) is 0 Å². The van der Waals surface area contributed by atoms with Gasteiger partial charge in [0.05, 0.1) is 7.11 Å². The third kappa shape index (κ3) is 3.89. The maximum absolute atomic E-state index is 11.4. The van der Waals surface area contributed by atoms with Crippen molar-refractivity contribution in [3.8, 4) is 5.75 Å². The first-order valence-corrected chi connectivity index (χ1v) is 5.89. The van der Waals surface area contributed by atoms with E-state index in [9.17, 15) is 4.79 Å². The van der Waals surface area contributed by atoms with Crippen molar-refractivity contribution in [2.75, 3.05) is 20.2 Å². The van der Waals surface area contributed by atoms with Gasteiger partial charge in [-0.15, -0.1) is 0 Å². The average Bonchev–Trinajstić information content (AvgIpc) is 2.34. The summed E-state index contributed by atoms with van der Waals surface area (Å²) in [6.07, 6.45) is 3.34. The zero-order valence-corrected chi connectivity index (χ0v) is 11.1. The van der Waals surface area contributed by atoms with Gasteiger partial charge in [0, 0.05) is 19.2 Å². The van der Waals surface area contributed by atoms with Crippen LogP contribution < -0.4 is 15.8 Å². The Labute approximate surface area is 108 Å². The monoisotopic (exact) mass is 248 g/mol. The van der Waals surface area contributed by atoms with E-state index in [4.69, 9.17) is 10.5 Å². The van der Waals surface area contributed by atoms with E-state index in [0.717, 1.165) is 22.4 Å². The topological polar surface area (TPSA) is 64.3 Å². The van der Waals surface area contributed by atoms with Crippen LogP contribution >= 0.6 is 0 Å². The maximum atomic E-state index is 11.4. The van der Waals surface area contributed by atoms with Gasteiger partial charge < -0.3 is 15.8 Å². The minimum absolute atomic E-state index is 0.130. The van der Waals surface area contributed by atoms with Crippen LogP contribution in [0.25, 0.3) is 6.08 Å². The van der Waals surface area contributed by atoms with E-state index in [0.29, 0.717) is 13.1 Å². The normalized spacial score (nSPS) is 10.7. The minimum Gasteiger partial charge on any atom is -0.497 e. The Morgan fingerprint density at radius 1 is 1.39 bits per heavy atom. The minimum atomic E-state index is -0.130. The van der Waals surface area contributed by atoms with Crippen LogP contribution in [0.3, 0.4) is 0 Å². The van der Waals surface area contributed by atoms with E-state index in [-0.39, 0.29) is 5.91 Å². The Bertz CT molecular complexity index is 430. The zero-order valence-electron chi connectivity index (χ0n) is 11.1. The van der Waals surface area contributed by atoms with Crippen molar-refractivity contribution in [3.05, 3.63) is 34.9 Å². The molecule has 0 bridgehead atoms. The summed E-state index contributed by atoms with van der Waals surface area (Å²) in [4.78, 5) is 11.4. The van der Waals surface area contributed by atoms with Crippen LogP contribution in [0.4, 0.5) is 0 Å². The van der Waals surface area contributed by atoms with Crippen molar-refractivity contribution in [1.82, 2.24) is 5.32 Å². The van der Waals surface area contributed by atoms with E-state index in [2.05, 4.69) is 5.32 Å². The standard InChI is InChI=1S/C14H20N2O2/c1-10-8-12(18-3)9-11(2)13(10)4-5-14(17)16-7-6-15/h4-5,8-9H,6-7,15H2,1-3H3,(H,16,17)/b5-4+. The van der Waals surface area contributed by atoms with E-state index in [1.54, 1.807) is 7.11 Å². The quantitative estimate of drug-likeness (QED) is 0.774. The summed E-state index contributed by atoms with van der Waals surface area (Å²) < 4.78 is 5.19. The van der Waals surface area contributed by atoms with Gasteiger partial charge in [-0.3, -0.25) is 4.79 Å². The summed E-state index contributed by atoms with van der Waals surface area (Å²) in [6.45, 7) is 4.92. The Kier molecular flexibility index (Phi) is 5.39. The van der Waals surface area contributed by atoms with Gasteiger partial charge in [-0.05, 0) is 48.7 Å². The Hall–Kier alpha value is -1.81. The first-order valence-electron chi connectivity index (χ1n) is 5.89. The molecular formula is C14H20N2O2. The van der Waals surface area contributed by atoms with Crippen molar-refractivity contribution in [2.24, 2.45) is 5.73 Å². The molecule has 4 nitrogen and oxygen atoms in total. The van der Waals surface area contributed by atoms with Crippen molar-refractivity contribution in [3.63, 3.8) is 0 Å². The van der Waals surface area contributed by atoms with Crippen molar-refractivity contribution in [1.29, 1.82) is 0 Å². The number of carbonyl (C=O) groups is 1. The molecule has 0 saturated heterocycles. The largest absolute Gasteiger partial charge is 0.497 e. The van der Waals surface area contributed by atoms with Gasteiger partial charge in [-0.25, -0.2) is 0 Å². The van der Waals surface area contributed by atoms with E-state index in [1.807, 2.05) is 32.1 Å². The van der Waals surface area contributed by atoms with Gasteiger partial charge in [0.15, 0.2) is 0 Å². The molecule has 3 N–H and O–H groups in total. The summed E-state index contributed by atoms with van der Waals surface area (Å²) in [5, 5.41) is 2.69. The van der Waals surface area contributed by atoms with Crippen LogP contribution in [-0.4, -0.2) is 26.1 Å². The highest BCUT2D eigenvalue weighted by Gasteiger charge is 2.03. The van der Waals surface area contributed by atoms with Crippen molar-refractivity contribution >= 4 is 12.0 Å². The number of hydrogen-bond acceptors (Lipinski definition) is 3. The van der Waals surface area contributed by atoms with Crippen LogP contribution in [0, 0.1) is 13.8 Å². The fourth-order valence-electron chi connectivity index (χ4n) is 1.73. The lowest BCUT2D eigenvalue weighted by Crippen LogP contribution is -2.27. The van der Waals surface area contributed by atoms with Gasteiger partial charge in [0.25, 0.3) is 0 Å². The highest BCUT2D eigenvalue weighted by atomic mass is 16.5. The smallest absolute Gasteiger partial charge is 0.244 e. The molecule has 0 heterocycles. The van der Waals surface area contributed by atoms with Gasteiger partial charge in [0.1, 0.15) is 5.75 Å². The van der Waals surface area contributed by atoms with Crippen LogP contribution in [0.1, 0.15) is 16.7 Å². The average molecular weight is 248 g/mol. The van der Waals surface area contributed by atoms with Gasteiger partial charge in [0.2, 0.25) is 5.91 Å². The molecule has 98 valence electrons. The van der Waals surface area contributed by atoms with Crippen LogP contribution in [0.15, 0.2) is 18.2 Å². The lowest BCUT2D eigenvalue weighted by Gasteiger charge is -2.08. The Balaban J connectivity index is 2.84. The highest BCUT2D eigenvalue weighted by molar-refractivity contribution is 5.92. The number of nitrogens with one attached hydrogen (secondary N) is 1. The highest BCUT2D eigenvalue weighted by Crippen LogP contribution is 2.22. The molecule has 0 saturated carbocycles. The van der Waals surface area contributed by atoms with Crippen LogP contribution in [-0.2, 0) is 4.79 Å². The van der Waals surface area contributed by atoms with Crippen molar-refractivity contribution < 1.29 is 9.53 Å². The summed E-state index contributed by atoms with van der Waals surface area (Å²) in [5.74, 6) is 0.699. The molecule has 0 aliphatic heterocycles. The molecule has 4 heteroatoms. The molecule has 1 amide bonds. The number of amides is 1. The molecule has 0 aromatic heterocycles. The number of hydrogen-bond donors (Lipinski definition) is 2. The SMILES string of the molecule is COc1cc(C)c(/C=C/C(=O)NCCN)c(C)c1. The lowest BCUT2D eigenvalue weighted by atomic mass is 10.0. The summed E-state index contributed by atoms with van der Waals surface area (Å²) in [6, 6.07) is 3.90. The number of carbonyl (C=O) groups excluding carboxylic acids is 1. The second-order valence-electron chi connectivity index (χ2n) is 4.09. The number of rotatable bonds is 5. The molecule has 0 spiro atoms. The van der Waals surface area contributed by atoms with E-state index in [1.165, 1.54) is 6.08 Å². The first-order chi connectivity index (χ1) is 8.58. The molecule has 1 rings (SSSR count). The van der Waals surface area contributed by atoms with Crippen molar-refractivity contribution in [2.45, 2.75) is 13.8 Å². The molecule has 1 aromatic rings. The predicted molar refractivity (Wildman–Crippen MR) is 73.6 cm³/mol. The molecule has 18 heavy (non-hydrogen) atoms. The number of nitrogens with two attached hydrogens (primary N) is 1. The van der Waals surface area contributed by atoms with Gasteiger partial charge >= 0.3 is 0 Å². The lowest BCUT2D eigenvalue weighted by molar-refractivity contribution is -0.116. The maximum Gasteiger partial charge on any atom is 0.244 e. The van der Waals surface area contributed by atoms with Gasteiger partial charge in [-0.2, -0.15) is 0 Å². The molecular weight excluding hydrogens is 228 g/mol. The number of aryl methyl sites for hydroxylation is 2. The first kappa shape index (κ1) is 14.3. The fraction of sp³-hybridized carbons (Fsp3) is 0.357. The fourth-order valence-corrected chi connectivity index (χ4v) is 1.73. The molecule has 0 unspecified atom stereocenters. The molecule has 0 fully saturated rings. The zero-order chi connectivity index (χ0) is 13.5. The Morgan fingerprint density at radius 3 is 2.50 bits per heavy atom.